The number of hydrogen-bond acceptors (Lipinski definition) is 2. The van der Waals surface area contributed by atoms with Gasteiger partial charge in [-0.15, -0.1) is 0 Å². The first-order chi connectivity index (χ1) is 12.9. The number of para-hydroxylation sites is 2. The Balaban J connectivity index is 1.58. The molecule has 4 rings (SSSR count). The van der Waals surface area contributed by atoms with E-state index in [1.54, 1.807) is 0 Å². The number of nitrogens with zero attached hydrogens (tertiary/aromatic N) is 2. The zero-order chi connectivity index (χ0) is 19.2. The maximum atomic E-state index is 13.2. The summed E-state index contributed by atoms with van der Waals surface area (Å²) in [5.74, 6) is -0.168. The number of amides is 2. The second-order valence-electron chi connectivity index (χ2n) is 8.54. The fraction of sp³-hybridized carbons (Fsp3) is 0.391. The van der Waals surface area contributed by atoms with Crippen molar-refractivity contribution < 1.29 is 9.59 Å². The maximum absolute atomic E-state index is 13.2. The highest BCUT2D eigenvalue weighted by Gasteiger charge is 2.40. The van der Waals surface area contributed by atoms with Crippen LogP contribution >= 0.6 is 0 Å². The standard InChI is InChI=1S/C23H26N2O2/c1-23(2,3)18-9-5-7-11-20(18)25-15-17(14-21(25)26)22(27)24-13-12-16-8-4-6-10-19(16)24/h4-11,17H,12-15H2,1-3H3. The number of anilines is 2. The molecule has 0 saturated carbocycles. The molecule has 0 aliphatic carbocycles. The highest BCUT2D eigenvalue weighted by atomic mass is 16.2. The van der Waals surface area contributed by atoms with E-state index in [1.807, 2.05) is 46.2 Å². The molecule has 0 aromatic heterocycles. The van der Waals surface area contributed by atoms with Gasteiger partial charge < -0.3 is 9.80 Å². The van der Waals surface area contributed by atoms with Crippen molar-refractivity contribution in [3.63, 3.8) is 0 Å². The Morgan fingerprint density at radius 1 is 1.00 bits per heavy atom. The monoisotopic (exact) mass is 362 g/mol. The predicted molar refractivity (Wildman–Crippen MR) is 108 cm³/mol. The summed E-state index contributed by atoms with van der Waals surface area (Å²) in [6.45, 7) is 7.62. The first kappa shape index (κ1) is 17.8. The number of carbonyl (C=O) groups excluding carboxylic acids is 2. The third kappa shape index (κ3) is 3.14. The molecule has 0 radical (unpaired) electrons. The lowest BCUT2D eigenvalue weighted by Gasteiger charge is -2.28. The van der Waals surface area contributed by atoms with Crippen molar-refractivity contribution in [2.45, 2.75) is 39.0 Å². The van der Waals surface area contributed by atoms with E-state index in [1.165, 1.54) is 5.56 Å². The summed E-state index contributed by atoms with van der Waals surface area (Å²) in [5, 5.41) is 0. The molecule has 2 aliphatic rings. The Hall–Kier alpha value is -2.62. The third-order valence-corrected chi connectivity index (χ3v) is 5.63. The molecule has 2 aromatic carbocycles. The van der Waals surface area contributed by atoms with Crippen LogP contribution in [0.4, 0.5) is 11.4 Å². The smallest absolute Gasteiger partial charge is 0.232 e. The lowest BCUT2D eigenvalue weighted by molar-refractivity contribution is -0.124. The molecule has 4 nitrogen and oxygen atoms in total. The summed E-state index contributed by atoms with van der Waals surface area (Å²) in [5.41, 5.74) is 4.23. The zero-order valence-corrected chi connectivity index (χ0v) is 16.2. The zero-order valence-electron chi connectivity index (χ0n) is 16.2. The maximum Gasteiger partial charge on any atom is 0.232 e. The van der Waals surface area contributed by atoms with Crippen LogP contribution in [0.1, 0.15) is 38.3 Å². The van der Waals surface area contributed by atoms with Gasteiger partial charge in [0.1, 0.15) is 0 Å². The minimum Gasteiger partial charge on any atom is -0.312 e. The lowest BCUT2D eigenvalue weighted by atomic mass is 9.85. The van der Waals surface area contributed by atoms with Crippen molar-refractivity contribution in [3.05, 3.63) is 59.7 Å². The van der Waals surface area contributed by atoms with Gasteiger partial charge in [-0.25, -0.2) is 0 Å². The average molecular weight is 362 g/mol. The highest BCUT2D eigenvalue weighted by Crippen LogP contribution is 2.36. The third-order valence-electron chi connectivity index (χ3n) is 5.63. The normalized spacial score (nSPS) is 19.5. The Bertz CT molecular complexity index is 897. The average Bonchev–Trinajstić information content (AvgIpc) is 3.24. The fourth-order valence-electron chi connectivity index (χ4n) is 4.24. The van der Waals surface area contributed by atoms with E-state index in [0.29, 0.717) is 13.1 Å². The molecular formula is C23H26N2O2. The van der Waals surface area contributed by atoms with Crippen LogP contribution in [0.2, 0.25) is 0 Å². The number of fused-ring (bicyclic) bond motifs is 1. The largest absolute Gasteiger partial charge is 0.312 e. The first-order valence-corrected chi connectivity index (χ1v) is 9.65. The van der Waals surface area contributed by atoms with E-state index in [0.717, 1.165) is 23.4 Å². The summed E-state index contributed by atoms with van der Waals surface area (Å²) in [4.78, 5) is 29.6. The van der Waals surface area contributed by atoms with Gasteiger partial charge in [-0.05, 0) is 35.1 Å². The lowest BCUT2D eigenvalue weighted by Crippen LogP contribution is -2.36. The molecule has 4 heteroatoms. The van der Waals surface area contributed by atoms with Gasteiger partial charge in [0, 0.05) is 30.9 Å². The Morgan fingerprint density at radius 3 is 2.41 bits per heavy atom. The van der Waals surface area contributed by atoms with Crippen molar-refractivity contribution in [3.8, 4) is 0 Å². The molecule has 0 bridgehead atoms. The summed E-state index contributed by atoms with van der Waals surface area (Å²) in [6.07, 6.45) is 1.18. The van der Waals surface area contributed by atoms with Gasteiger partial charge in [-0.3, -0.25) is 9.59 Å². The number of hydrogen-bond donors (Lipinski definition) is 0. The minimum atomic E-state index is -0.281. The minimum absolute atomic E-state index is 0.0394. The SMILES string of the molecule is CC(C)(C)c1ccccc1N1CC(C(=O)N2CCc3ccccc32)CC1=O. The van der Waals surface area contributed by atoms with Crippen molar-refractivity contribution in [2.75, 3.05) is 22.9 Å². The summed E-state index contributed by atoms with van der Waals surface area (Å²) in [7, 11) is 0. The second-order valence-corrected chi connectivity index (χ2v) is 8.54. The topological polar surface area (TPSA) is 40.6 Å². The van der Waals surface area contributed by atoms with E-state index < -0.39 is 0 Å². The predicted octanol–water partition coefficient (Wildman–Crippen LogP) is 3.93. The molecule has 2 aliphatic heterocycles. The molecule has 1 atom stereocenters. The van der Waals surface area contributed by atoms with Gasteiger partial charge in [0.25, 0.3) is 0 Å². The van der Waals surface area contributed by atoms with E-state index in [2.05, 4.69) is 32.9 Å². The van der Waals surface area contributed by atoms with Crippen LogP contribution in [0.5, 0.6) is 0 Å². The molecular weight excluding hydrogens is 336 g/mol. The van der Waals surface area contributed by atoms with Crippen LogP contribution in [0.15, 0.2) is 48.5 Å². The van der Waals surface area contributed by atoms with Gasteiger partial charge in [0.15, 0.2) is 0 Å². The molecule has 2 heterocycles. The van der Waals surface area contributed by atoms with Gasteiger partial charge in [-0.1, -0.05) is 57.2 Å². The Morgan fingerprint density at radius 2 is 1.67 bits per heavy atom. The molecule has 1 saturated heterocycles. The quantitative estimate of drug-likeness (QED) is 0.812. The van der Waals surface area contributed by atoms with Gasteiger partial charge in [-0.2, -0.15) is 0 Å². The van der Waals surface area contributed by atoms with Gasteiger partial charge >= 0.3 is 0 Å². The van der Waals surface area contributed by atoms with Crippen LogP contribution in [-0.4, -0.2) is 24.9 Å². The van der Waals surface area contributed by atoms with Crippen LogP contribution in [0.3, 0.4) is 0 Å². The molecule has 2 aromatic rings. The number of benzene rings is 2. The fourth-order valence-corrected chi connectivity index (χ4v) is 4.24. The van der Waals surface area contributed by atoms with Gasteiger partial charge in [0.05, 0.1) is 5.92 Å². The van der Waals surface area contributed by atoms with Crippen LogP contribution in [0, 0.1) is 5.92 Å². The summed E-state index contributed by atoms with van der Waals surface area (Å²) < 4.78 is 0. The summed E-state index contributed by atoms with van der Waals surface area (Å²) >= 11 is 0. The number of rotatable bonds is 2. The van der Waals surface area contributed by atoms with E-state index in [4.69, 9.17) is 0 Å². The Kier molecular flexibility index (Phi) is 4.29. The van der Waals surface area contributed by atoms with Crippen molar-refractivity contribution in [2.24, 2.45) is 5.92 Å². The van der Waals surface area contributed by atoms with Crippen molar-refractivity contribution in [1.29, 1.82) is 0 Å². The molecule has 1 unspecified atom stereocenters. The van der Waals surface area contributed by atoms with E-state index >= 15 is 0 Å². The Labute approximate surface area is 160 Å². The second kappa shape index (κ2) is 6.52. The molecule has 2 amide bonds. The first-order valence-electron chi connectivity index (χ1n) is 9.65. The van der Waals surface area contributed by atoms with Gasteiger partial charge in [0.2, 0.25) is 11.8 Å². The number of carbonyl (C=O) groups is 2. The van der Waals surface area contributed by atoms with E-state index in [-0.39, 0.29) is 29.6 Å². The molecule has 140 valence electrons. The highest BCUT2D eigenvalue weighted by molar-refractivity contribution is 6.05. The van der Waals surface area contributed by atoms with E-state index in [9.17, 15) is 9.59 Å². The molecule has 27 heavy (non-hydrogen) atoms. The van der Waals surface area contributed by atoms with Crippen molar-refractivity contribution >= 4 is 23.2 Å². The molecule has 1 fully saturated rings. The summed E-state index contributed by atoms with van der Waals surface area (Å²) in [6, 6.07) is 16.1. The van der Waals surface area contributed by atoms with Crippen LogP contribution in [-0.2, 0) is 21.4 Å². The van der Waals surface area contributed by atoms with Crippen molar-refractivity contribution in [1.82, 2.24) is 0 Å². The molecule has 0 spiro atoms. The van der Waals surface area contributed by atoms with Crippen LogP contribution < -0.4 is 9.80 Å². The molecule has 0 N–H and O–H groups in total. The van der Waals surface area contributed by atoms with Crippen LogP contribution in [0.25, 0.3) is 0 Å².